The van der Waals surface area contributed by atoms with Crippen LogP contribution in [0.4, 0.5) is 4.79 Å². The van der Waals surface area contributed by atoms with E-state index in [0.29, 0.717) is 19.1 Å². The molecule has 1 amide bonds. The average molecular weight is 256 g/mol. The number of carbonyl (C=O) groups is 2. The summed E-state index contributed by atoms with van der Waals surface area (Å²) in [4.78, 5) is 26.2. The van der Waals surface area contributed by atoms with Crippen molar-refractivity contribution in [1.82, 2.24) is 9.80 Å². The van der Waals surface area contributed by atoms with E-state index in [-0.39, 0.29) is 12.3 Å². The monoisotopic (exact) mass is 256 g/mol. The van der Waals surface area contributed by atoms with Crippen molar-refractivity contribution in [1.29, 1.82) is 0 Å². The van der Waals surface area contributed by atoms with Gasteiger partial charge in [-0.1, -0.05) is 0 Å². The van der Waals surface area contributed by atoms with E-state index in [1.165, 1.54) is 12.8 Å². The van der Waals surface area contributed by atoms with Gasteiger partial charge in [-0.2, -0.15) is 0 Å². The van der Waals surface area contributed by atoms with E-state index in [2.05, 4.69) is 16.7 Å². The quantitative estimate of drug-likeness (QED) is 0.752. The average Bonchev–Trinajstić information content (AvgIpc) is 2.82. The molecule has 2 unspecified atom stereocenters. The molecular weight excluding hydrogens is 236 g/mol. The Bertz CT molecular complexity index is 334. The third-order valence-corrected chi connectivity index (χ3v) is 3.85. The molecule has 2 heterocycles. The van der Waals surface area contributed by atoms with Crippen molar-refractivity contribution in [2.45, 2.75) is 37.8 Å². The lowest BCUT2D eigenvalue weighted by Gasteiger charge is -2.23. The molecule has 0 bridgehead atoms. The van der Waals surface area contributed by atoms with E-state index in [1.807, 2.05) is 0 Å². The molecule has 0 aromatic carbocycles. The Balaban J connectivity index is 1.76. The van der Waals surface area contributed by atoms with Gasteiger partial charge in [-0.15, -0.1) is 0 Å². The van der Waals surface area contributed by atoms with Crippen LogP contribution in [0.2, 0.25) is 0 Å². The fourth-order valence-corrected chi connectivity index (χ4v) is 2.82. The van der Waals surface area contributed by atoms with E-state index >= 15 is 0 Å². The lowest BCUT2D eigenvalue weighted by atomic mass is 10.1. The second-order valence-corrected chi connectivity index (χ2v) is 5.11. The minimum Gasteiger partial charge on any atom is -0.450 e. The smallest absolute Gasteiger partial charge is 0.450 e. The van der Waals surface area contributed by atoms with Crippen molar-refractivity contribution in [3.05, 3.63) is 0 Å². The predicted molar refractivity (Wildman–Crippen MR) is 64.4 cm³/mol. The Kier molecular flexibility index (Phi) is 4.06. The highest BCUT2D eigenvalue weighted by Gasteiger charge is 2.32. The standard InChI is InChI=1S/C12H20N2O4/c1-13-5-2-3-9(13)4-6-14-8-10(7-11(14)15)18-12(16)17/h9-10H,2-8H2,1H3,(H,16,17). The lowest BCUT2D eigenvalue weighted by Crippen LogP contribution is -2.33. The molecule has 2 rings (SSSR count). The van der Waals surface area contributed by atoms with E-state index in [4.69, 9.17) is 5.11 Å². The third kappa shape index (κ3) is 3.13. The second kappa shape index (κ2) is 5.56. The van der Waals surface area contributed by atoms with Crippen LogP contribution < -0.4 is 0 Å². The number of rotatable bonds is 4. The van der Waals surface area contributed by atoms with Crippen molar-refractivity contribution in [2.24, 2.45) is 0 Å². The first-order chi connectivity index (χ1) is 8.56. The van der Waals surface area contributed by atoms with E-state index in [0.717, 1.165) is 13.0 Å². The number of likely N-dealkylation sites (tertiary alicyclic amines) is 2. The topological polar surface area (TPSA) is 70.1 Å². The SMILES string of the molecule is CN1CCCC1CCN1CC(OC(=O)O)CC1=O. The molecule has 2 fully saturated rings. The number of ether oxygens (including phenoxy) is 1. The number of hydrogen-bond donors (Lipinski definition) is 1. The van der Waals surface area contributed by atoms with Crippen LogP contribution in [0.25, 0.3) is 0 Å². The molecule has 0 aliphatic carbocycles. The molecular formula is C12H20N2O4. The summed E-state index contributed by atoms with van der Waals surface area (Å²) in [6.45, 7) is 2.23. The van der Waals surface area contributed by atoms with Gasteiger partial charge in [-0.3, -0.25) is 4.79 Å². The summed E-state index contributed by atoms with van der Waals surface area (Å²) in [6.07, 6.45) is 1.77. The van der Waals surface area contributed by atoms with Gasteiger partial charge in [0.05, 0.1) is 13.0 Å². The summed E-state index contributed by atoms with van der Waals surface area (Å²) in [6, 6.07) is 0.553. The van der Waals surface area contributed by atoms with Crippen molar-refractivity contribution < 1.29 is 19.4 Å². The van der Waals surface area contributed by atoms with Gasteiger partial charge >= 0.3 is 6.16 Å². The lowest BCUT2D eigenvalue weighted by molar-refractivity contribution is -0.127. The highest BCUT2D eigenvalue weighted by atomic mass is 16.7. The Morgan fingerprint density at radius 2 is 2.33 bits per heavy atom. The van der Waals surface area contributed by atoms with Gasteiger partial charge in [0.25, 0.3) is 0 Å². The van der Waals surface area contributed by atoms with Gasteiger partial charge in [0.2, 0.25) is 5.91 Å². The molecule has 6 heteroatoms. The molecule has 0 saturated carbocycles. The Hall–Kier alpha value is -1.30. The molecule has 6 nitrogen and oxygen atoms in total. The molecule has 18 heavy (non-hydrogen) atoms. The van der Waals surface area contributed by atoms with Gasteiger partial charge in [-0.05, 0) is 32.9 Å². The highest BCUT2D eigenvalue weighted by Crippen LogP contribution is 2.20. The first-order valence-electron chi connectivity index (χ1n) is 6.44. The molecule has 2 aliphatic heterocycles. The second-order valence-electron chi connectivity index (χ2n) is 5.11. The van der Waals surface area contributed by atoms with Crippen LogP contribution in [-0.2, 0) is 9.53 Å². The first kappa shape index (κ1) is 13.1. The molecule has 0 radical (unpaired) electrons. The Morgan fingerprint density at radius 1 is 1.56 bits per heavy atom. The number of carbonyl (C=O) groups excluding carboxylic acids is 1. The molecule has 2 saturated heterocycles. The molecule has 102 valence electrons. The van der Waals surface area contributed by atoms with Crippen LogP contribution in [0.5, 0.6) is 0 Å². The molecule has 2 aliphatic rings. The summed E-state index contributed by atoms with van der Waals surface area (Å²) >= 11 is 0. The van der Waals surface area contributed by atoms with Gasteiger partial charge in [0, 0.05) is 12.6 Å². The summed E-state index contributed by atoms with van der Waals surface area (Å²) in [5.74, 6) is 0.00176. The fraction of sp³-hybridized carbons (Fsp3) is 0.833. The maximum atomic E-state index is 11.7. The van der Waals surface area contributed by atoms with E-state index in [1.54, 1.807) is 4.90 Å². The van der Waals surface area contributed by atoms with Gasteiger partial charge in [0.1, 0.15) is 6.10 Å². The zero-order valence-corrected chi connectivity index (χ0v) is 10.7. The van der Waals surface area contributed by atoms with Crippen LogP contribution in [0.15, 0.2) is 0 Å². The summed E-state index contributed by atoms with van der Waals surface area (Å²) in [5.41, 5.74) is 0. The van der Waals surface area contributed by atoms with Crippen LogP contribution in [-0.4, -0.2) is 65.8 Å². The van der Waals surface area contributed by atoms with Crippen molar-refractivity contribution in [3.8, 4) is 0 Å². The minimum atomic E-state index is -1.30. The Morgan fingerprint density at radius 3 is 2.94 bits per heavy atom. The van der Waals surface area contributed by atoms with Crippen molar-refractivity contribution >= 4 is 12.1 Å². The highest BCUT2D eigenvalue weighted by molar-refractivity contribution is 5.79. The largest absolute Gasteiger partial charge is 0.506 e. The maximum absolute atomic E-state index is 11.7. The number of nitrogens with zero attached hydrogens (tertiary/aromatic N) is 2. The number of carboxylic acid groups (broad SMARTS) is 1. The van der Waals surface area contributed by atoms with Crippen LogP contribution in [0.3, 0.4) is 0 Å². The molecule has 0 aromatic heterocycles. The fourth-order valence-electron chi connectivity index (χ4n) is 2.82. The third-order valence-electron chi connectivity index (χ3n) is 3.85. The Labute approximate surface area is 106 Å². The molecule has 0 spiro atoms. The minimum absolute atomic E-state index is 0.00176. The molecule has 2 atom stereocenters. The number of amides is 1. The first-order valence-corrected chi connectivity index (χ1v) is 6.44. The summed E-state index contributed by atoms with van der Waals surface area (Å²) in [5, 5.41) is 8.52. The maximum Gasteiger partial charge on any atom is 0.506 e. The van der Waals surface area contributed by atoms with Crippen molar-refractivity contribution in [2.75, 3.05) is 26.7 Å². The van der Waals surface area contributed by atoms with E-state index in [9.17, 15) is 9.59 Å². The van der Waals surface area contributed by atoms with Crippen molar-refractivity contribution in [3.63, 3.8) is 0 Å². The van der Waals surface area contributed by atoms with Crippen LogP contribution >= 0.6 is 0 Å². The van der Waals surface area contributed by atoms with Gasteiger partial charge < -0.3 is 19.6 Å². The normalized spacial score (nSPS) is 28.9. The predicted octanol–water partition coefficient (Wildman–Crippen LogP) is 0.766. The summed E-state index contributed by atoms with van der Waals surface area (Å²) < 4.78 is 4.65. The van der Waals surface area contributed by atoms with E-state index < -0.39 is 12.3 Å². The van der Waals surface area contributed by atoms with Gasteiger partial charge in [-0.25, -0.2) is 4.79 Å². The van der Waals surface area contributed by atoms with Crippen LogP contribution in [0, 0.1) is 0 Å². The zero-order chi connectivity index (χ0) is 13.1. The molecule has 1 N–H and O–H groups in total. The van der Waals surface area contributed by atoms with Crippen LogP contribution in [0.1, 0.15) is 25.7 Å². The zero-order valence-electron chi connectivity index (χ0n) is 10.7. The molecule has 0 aromatic rings. The number of hydrogen-bond acceptors (Lipinski definition) is 4. The summed E-state index contributed by atoms with van der Waals surface area (Å²) in [7, 11) is 2.11. The van der Waals surface area contributed by atoms with Gasteiger partial charge in [0.15, 0.2) is 0 Å².